The quantitative estimate of drug-likeness (QED) is 0.836. The molecule has 1 N–H and O–H groups in total. The van der Waals surface area contributed by atoms with Gasteiger partial charge in [0, 0.05) is 25.2 Å². The van der Waals surface area contributed by atoms with E-state index in [0.29, 0.717) is 24.0 Å². The lowest BCUT2D eigenvalue weighted by atomic mass is 9.86. The van der Waals surface area contributed by atoms with E-state index in [-0.39, 0.29) is 4.90 Å². The zero-order valence-corrected chi connectivity index (χ0v) is 14.2. The first-order valence-electron chi connectivity index (χ1n) is 7.40. The van der Waals surface area contributed by atoms with E-state index in [2.05, 4.69) is 5.32 Å². The lowest BCUT2D eigenvalue weighted by Gasteiger charge is -2.29. The molecule has 1 aromatic rings. The molecule has 0 amide bonds. The van der Waals surface area contributed by atoms with Crippen LogP contribution in [0.1, 0.15) is 31.7 Å². The standard InChI is InChI=1S/C15H23ClN2O2S/c1-3-17-10-13-7-8-14(9-15(13)16)21(19,20)18(2)11-12-5-4-6-12/h7-9,12,17H,3-6,10-11H2,1-2H3. The highest BCUT2D eigenvalue weighted by molar-refractivity contribution is 7.89. The van der Waals surface area contributed by atoms with Crippen LogP contribution in [0.3, 0.4) is 0 Å². The average Bonchev–Trinajstić information content (AvgIpc) is 2.41. The van der Waals surface area contributed by atoms with Crippen LogP contribution in [0.25, 0.3) is 0 Å². The van der Waals surface area contributed by atoms with Gasteiger partial charge in [-0.1, -0.05) is 31.0 Å². The molecule has 2 rings (SSSR count). The van der Waals surface area contributed by atoms with Crippen molar-refractivity contribution < 1.29 is 8.42 Å². The van der Waals surface area contributed by atoms with Crippen molar-refractivity contribution in [2.24, 2.45) is 5.92 Å². The van der Waals surface area contributed by atoms with Crippen LogP contribution < -0.4 is 5.32 Å². The van der Waals surface area contributed by atoms with Crippen LogP contribution in [0.4, 0.5) is 0 Å². The van der Waals surface area contributed by atoms with Gasteiger partial charge in [-0.25, -0.2) is 12.7 Å². The Morgan fingerprint density at radius 3 is 2.62 bits per heavy atom. The third-order valence-corrected chi connectivity index (χ3v) is 6.21. The lowest BCUT2D eigenvalue weighted by molar-refractivity contribution is 0.263. The number of nitrogens with zero attached hydrogens (tertiary/aromatic N) is 1. The predicted molar refractivity (Wildman–Crippen MR) is 86.0 cm³/mol. The van der Waals surface area contributed by atoms with Crippen LogP contribution in [-0.2, 0) is 16.6 Å². The van der Waals surface area contributed by atoms with E-state index in [9.17, 15) is 8.42 Å². The zero-order valence-electron chi connectivity index (χ0n) is 12.6. The summed E-state index contributed by atoms with van der Waals surface area (Å²) in [4.78, 5) is 0.273. The highest BCUT2D eigenvalue weighted by atomic mass is 35.5. The first-order chi connectivity index (χ1) is 9.95. The summed E-state index contributed by atoms with van der Waals surface area (Å²) in [5.74, 6) is 0.508. The number of sulfonamides is 1. The maximum atomic E-state index is 12.5. The summed E-state index contributed by atoms with van der Waals surface area (Å²) in [7, 11) is -1.79. The fourth-order valence-electron chi connectivity index (χ4n) is 2.41. The number of hydrogen-bond donors (Lipinski definition) is 1. The van der Waals surface area contributed by atoms with E-state index < -0.39 is 10.0 Å². The molecule has 0 aromatic heterocycles. The molecule has 1 aliphatic carbocycles. The van der Waals surface area contributed by atoms with E-state index >= 15 is 0 Å². The van der Waals surface area contributed by atoms with Crippen LogP contribution >= 0.6 is 11.6 Å². The summed E-state index contributed by atoms with van der Waals surface area (Å²) < 4.78 is 26.5. The van der Waals surface area contributed by atoms with Gasteiger partial charge in [-0.2, -0.15) is 0 Å². The molecule has 0 heterocycles. The Balaban J connectivity index is 2.13. The normalized spacial score (nSPS) is 16.2. The van der Waals surface area contributed by atoms with Crippen molar-refractivity contribution in [2.45, 2.75) is 37.6 Å². The van der Waals surface area contributed by atoms with Gasteiger partial charge in [0.1, 0.15) is 0 Å². The minimum atomic E-state index is -3.44. The van der Waals surface area contributed by atoms with Crippen LogP contribution in [0.15, 0.2) is 23.1 Å². The second-order valence-electron chi connectivity index (χ2n) is 5.62. The fraction of sp³-hybridized carbons (Fsp3) is 0.600. The summed E-state index contributed by atoms with van der Waals surface area (Å²) >= 11 is 6.20. The smallest absolute Gasteiger partial charge is 0.242 e. The fourth-order valence-corrected chi connectivity index (χ4v) is 3.99. The predicted octanol–water partition coefficient (Wildman–Crippen LogP) is 2.87. The molecule has 0 saturated heterocycles. The maximum absolute atomic E-state index is 12.5. The Labute approximate surface area is 132 Å². The molecular formula is C15H23ClN2O2S. The lowest BCUT2D eigenvalue weighted by Crippen LogP contribution is -2.34. The van der Waals surface area contributed by atoms with Gasteiger partial charge in [-0.3, -0.25) is 0 Å². The van der Waals surface area contributed by atoms with Gasteiger partial charge in [-0.15, -0.1) is 0 Å². The highest BCUT2D eigenvalue weighted by Crippen LogP contribution is 2.29. The molecule has 1 aliphatic rings. The van der Waals surface area contributed by atoms with Crippen molar-refractivity contribution in [2.75, 3.05) is 20.1 Å². The molecule has 118 valence electrons. The Morgan fingerprint density at radius 1 is 1.38 bits per heavy atom. The number of benzene rings is 1. The third-order valence-electron chi connectivity index (χ3n) is 4.04. The second-order valence-corrected chi connectivity index (χ2v) is 8.07. The van der Waals surface area contributed by atoms with Gasteiger partial charge in [0.2, 0.25) is 10.0 Å². The summed E-state index contributed by atoms with van der Waals surface area (Å²) in [6, 6.07) is 4.99. The molecule has 0 bridgehead atoms. The van der Waals surface area contributed by atoms with Gasteiger partial charge in [0.25, 0.3) is 0 Å². The molecule has 0 unspecified atom stereocenters. The van der Waals surface area contributed by atoms with Gasteiger partial charge in [0.15, 0.2) is 0 Å². The molecule has 0 aliphatic heterocycles. The molecule has 1 saturated carbocycles. The minimum absolute atomic E-state index is 0.273. The van der Waals surface area contributed by atoms with E-state index in [1.54, 1.807) is 25.2 Å². The molecule has 0 radical (unpaired) electrons. The largest absolute Gasteiger partial charge is 0.313 e. The Morgan fingerprint density at radius 2 is 2.10 bits per heavy atom. The van der Waals surface area contributed by atoms with Crippen LogP contribution in [0, 0.1) is 5.92 Å². The molecule has 0 atom stereocenters. The Kier molecular flexibility index (Phi) is 5.66. The third kappa shape index (κ3) is 3.97. The molecule has 1 fully saturated rings. The summed E-state index contributed by atoms with van der Waals surface area (Å²) in [5.41, 5.74) is 0.916. The van der Waals surface area contributed by atoms with E-state index in [1.807, 2.05) is 6.92 Å². The van der Waals surface area contributed by atoms with Crippen molar-refractivity contribution in [3.05, 3.63) is 28.8 Å². The minimum Gasteiger partial charge on any atom is -0.313 e. The molecular weight excluding hydrogens is 308 g/mol. The molecule has 0 spiro atoms. The molecule has 1 aromatic carbocycles. The summed E-state index contributed by atoms with van der Waals surface area (Å²) in [6.07, 6.45) is 3.47. The van der Waals surface area contributed by atoms with E-state index in [4.69, 9.17) is 11.6 Å². The Hall–Kier alpha value is -0.620. The summed E-state index contributed by atoms with van der Waals surface area (Å²) in [5, 5.41) is 3.68. The van der Waals surface area contributed by atoms with E-state index in [1.165, 1.54) is 10.7 Å². The van der Waals surface area contributed by atoms with Crippen molar-refractivity contribution >= 4 is 21.6 Å². The van der Waals surface area contributed by atoms with Crippen molar-refractivity contribution in [3.8, 4) is 0 Å². The summed E-state index contributed by atoms with van der Waals surface area (Å²) in [6.45, 7) is 4.11. The molecule has 4 nitrogen and oxygen atoms in total. The SMILES string of the molecule is CCNCc1ccc(S(=O)(=O)N(C)CC2CCC2)cc1Cl. The number of halogens is 1. The number of rotatable bonds is 7. The number of hydrogen-bond acceptors (Lipinski definition) is 3. The molecule has 6 heteroatoms. The van der Waals surface area contributed by atoms with Crippen LogP contribution in [0.2, 0.25) is 5.02 Å². The van der Waals surface area contributed by atoms with E-state index in [0.717, 1.165) is 24.9 Å². The van der Waals surface area contributed by atoms with Crippen molar-refractivity contribution in [1.29, 1.82) is 0 Å². The van der Waals surface area contributed by atoms with Gasteiger partial charge >= 0.3 is 0 Å². The van der Waals surface area contributed by atoms with Gasteiger partial charge in [-0.05, 0) is 43.0 Å². The maximum Gasteiger partial charge on any atom is 0.242 e. The van der Waals surface area contributed by atoms with Gasteiger partial charge in [0.05, 0.1) is 4.90 Å². The van der Waals surface area contributed by atoms with Crippen LogP contribution in [0.5, 0.6) is 0 Å². The molecule has 21 heavy (non-hydrogen) atoms. The first-order valence-corrected chi connectivity index (χ1v) is 9.22. The second kappa shape index (κ2) is 7.09. The average molecular weight is 331 g/mol. The highest BCUT2D eigenvalue weighted by Gasteiger charge is 2.27. The zero-order chi connectivity index (χ0) is 15.5. The first kappa shape index (κ1) is 16.7. The topological polar surface area (TPSA) is 49.4 Å². The van der Waals surface area contributed by atoms with Crippen LogP contribution in [-0.4, -0.2) is 32.9 Å². The van der Waals surface area contributed by atoms with Crippen molar-refractivity contribution in [1.82, 2.24) is 9.62 Å². The number of nitrogens with one attached hydrogen (secondary N) is 1. The van der Waals surface area contributed by atoms with Crippen molar-refractivity contribution in [3.63, 3.8) is 0 Å². The Bertz CT molecular complexity index is 585. The monoisotopic (exact) mass is 330 g/mol. The van der Waals surface area contributed by atoms with Gasteiger partial charge < -0.3 is 5.32 Å².